The van der Waals surface area contributed by atoms with Crippen molar-refractivity contribution in [1.82, 2.24) is 0 Å². The largest absolute Gasteiger partial charge is 0.375 e. The Balaban J connectivity index is 2.23. The van der Waals surface area contributed by atoms with Crippen molar-refractivity contribution in [1.29, 1.82) is 0 Å². The van der Waals surface area contributed by atoms with E-state index < -0.39 is 0 Å². The summed E-state index contributed by atoms with van der Waals surface area (Å²) in [5.74, 6) is 0. The van der Waals surface area contributed by atoms with Crippen molar-refractivity contribution >= 4 is 0 Å². The van der Waals surface area contributed by atoms with Crippen LogP contribution >= 0.6 is 0 Å². The van der Waals surface area contributed by atoms with Gasteiger partial charge in [0.05, 0.1) is 25.4 Å². The molecule has 2 heteroatoms. The average Bonchev–Trinajstić information content (AvgIpc) is 2.41. The van der Waals surface area contributed by atoms with Crippen molar-refractivity contribution in [3.63, 3.8) is 0 Å². The number of hydrogen-bond acceptors (Lipinski definition) is 2. The molecule has 0 aromatic rings. The molecule has 2 nitrogen and oxygen atoms in total. The van der Waals surface area contributed by atoms with E-state index in [-0.39, 0.29) is 0 Å². The fourth-order valence-corrected chi connectivity index (χ4v) is 2.35. The van der Waals surface area contributed by atoms with Gasteiger partial charge in [-0.2, -0.15) is 0 Å². The van der Waals surface area contributed by atoms with Gasteiger partial charge in [0.15, 0.2) is 0 Å². The van der Waals surface area contributed by atoms with E-state index in [0.29, 0.717) is 12.2 Å². The molecular weight excluding hydrogens is 224 g/mol. The Labute approximate surface area is 112 Å². The Morgan fingerprint density at radius 1 is 0.833 bits per heavy atom. The van der Waals surface area contributed by atoms with E-state index in [4.69, 9.17) is 9.47 Å². The summed E-state index contributed by atoms with van der Waals surface area (Å²) in [6.07, 6.45) is 16.0. The molecule has 0 radical (unpaired) electrons. The van der Waals surface area contributed by atoms with Crippen molar-refractivity contribution in [2.75, 3.05) is 13.2 Å². The minimum atomic E-state index is 0.314. The molecule has 1 aliphatic carbocycles. The molecule has 1 rings (SSSR count). The molecule has 0 aromatic carbocycles. The van der Waals surface area contributed by atoms with Crippen LogP contribution in [0.2, 0.25) is 0 Å². The van der Waals surface area contributed by atoms with Gasteiger partial charge in [0, 0.05) is 0 Å². The molecule has 2 atom stereocenters. The predicted molar refractivity (Wildman–Crippen MR) is 76.8 cm³/mol. The molecule has 0 aliphatic heterocycles. The lowest BCUT2D eigenvalue weighted by Crippen LogP contribution is -2.35. The lowest BCUT2D eigenvalue weighted by molar-refractivity contribution is -0.0902. The van der Waals surface area contributed by atoms with Crippen LogP contribution in [0, 0.1) is 0 Å². The summed E-state index contributed by atoms with van der Waals surface area (Å²) in [5, 5.41) is 0. The molecule has 1 fully saturated rings. The first kappa shape index (κ1) is 15.5. The first-order valence-corrected chi connectivity index (χ1v) is 7.34. The van der Waals surface area contributed by atoms with E-state index in [9.17, 15) is 0 Å². The molecule has 0 amide bonds. The lowest BCUT2D eigenvalue weighted by atomic mass is 9.94. The van der Waals surface area contributed by atoms with Crippen LogP contribution in [0.4, 0.5) is 0 Å². The summed E-state index contributed by atoms with van der Waals surface area (Å²) in [5.41, 5.74) is 0. The van der Waals surface area contributed by atoms with Crippen LogP contribution in [0.1, 0.15) is 52.4 Å². The molecule has 0 bridgehead atoms. The quantitative estimate of drug-likeness (QED) is 0.474. The number of allylic oxidation sites excluding steroid dienone is 2. The molecule has 18 heavy (non-hydrogen) atoms. The molecule has 1 saturated carbocycles. The number of rotatable bonds is 8. The van der Waals surface area contributed by atoms with Crippen molar-refractivity contribution in [2.24, 2.45) is 0 Å². The number of hydrogen-bond donors (Lipinski definition) is 0. The Bertz CT molecular complexity index is 219. The third kappa shape index (κ3) is 6.36. The van der Waals surface area contributed by atoms with Gasteiger partial charge in [0.2, 0.25) is 0 Å². The predicted octanol–water partition coefficient (Wildman–Crippen LogP) is 4.26. The minimum Gasteiger partial charge on any atom is -0.375 e. The Hall–Kier alpha value is -0.600. The summed E-state index contributed by atoms with van der Waals surface area (Å²) >= 11 is 0. The van der Waals surface area contributed by atoms with E-state index in [1.165, 1.54) is 12.8 Å². The fraction of sp³-hybridized carbons (Fsp3) is 0.750. The van der Waals surface area contributed by atoms with Crippen LogP contribution in [-0.4, -0.2) is 25.4 Å². The maximum absolute atomic E-state index is 5.96. The average molecular weight is 252 g/mol. The zero-order valence-corrected chi connectivity index (χ0v) is 11.9. The highest BCUT2D eigenvalue weighted by atomic mass is 16.5. The molecule has 0 spiro atoms. The van der Waals surface area contributed by atoms with Crippen LogP contribution in [0.25, 0.3) is 0 Å². The molecule has 0 N–H and O–H groups in total. The Kier molecular flexibility index (Phi) is 8.87. The minimum absolute atomic E-state index is 0.314. The molecular formula is C16H28O2. The van der Waals surface area contributed by atoms with Gasteiger partial charge in [-0.1, -0.05) is 37.1 Å². The van der Waals surface area contributed by atoms with E-state index in [0.717, 1.165) is 38.9 Å². The summed E-state index contributed by atoms with van der Waals surface area (Å²) in [6.45, 7) is 5.75. The second kappa shape index (κ2) is 10.3. The third-order valence-corrected chi connectivity index (χ3v) is 3.35. The molecule has 104 valence electrons. The van der Waals surface area contributed by atoms with Gasteiger partial charge in [-0.15, -0.1) is 0 Å². The van der Waals surface area contributed by atoms with Gasteiger partial charge in [-0.25, -0.2) is 0 Å². The summed E-state index contributed by atoms with van der Waals surface area (Å²) in [4.78, 5) is 0. The fourth-order valence-electron chi connectivity index (χ4n) is 2.35. The SMILES string of the molecule is C/C=C/CCOC1CCCCC1OCC/C=C/C. The molecule has 1 aliphatic rings. The van der Waals surface area contributed by atoms with E-state index in [2.05, 4.69) is 24.3 Å². The highest BCUT2D eigenvalue weighted by Crippen LogP contribution is 2.24. The highest BCUT2D eigenvalue weighted by molar-refractivity contribution is 4.80. The van der Waals surface area contributed by atoms with Crippen molar-refractivity contribution in [3.05, 3.63) is 24.3 Å². The van der Waals surface area contributed by atoms with Gasteiger partial charge < -0.3 is 9.47 Å². The normalized spacial score (nSPS) is 25.2. The maximum atomic E-state index is 5.96. The first-order chi connectivity index (χ1) is 8.88. The second-order valence-electron chi connectivity index (χ2n) is 4.82. The van der Waals surface area contributed by atoms with Gasteiger partial charge in [-0.3, -0.25) is 0 Å². The number of ether oxygens (including phenoxy) is 2. The monoisotopic (exact) mass is 252 g/mol. The van der Waals surface area contributed by atoms with E-state index in [1.54, 1.807) is 0 Å². The summed E-state index contributed by atoms with van der Waals surface area (Å²) in [7, 11) is 0. The van der Waals surface area contributed by atoms with Gasteiger partial charge >= 0.3 is 0 Å². The van der Waals surface area contributed by atoms with Crippen molar-refractivity contribution in [2.45, 2.75) is 64.6 Å². The van der Waals surface area contributed by atoms with Crippen molar-refractivity contribution < 1.29 is 9.47 Å². The lowest BCUT2D eigenvalue weighted by Gasteiger charge is -2.31. The highest BCUT2D eigenvalue weighted by Gasteiger charge is 2.25. The molecule has 0 aromatic heterocycles. The van der Waals surface area contributed by atoms with Gasteiger partial charge in [0.25, 0.3) is 0 Å². The molecule has 2 unspecified atom stereocenters. The van der Waals surface area contributed by atoms with Crippen LogP contribution < -0.4 is 0 Å². The zero-order chi connectivity index (χ0) is 13.1. The topological polar surface area (TPSA) is 18.5 Å². The van der Waals surface area contributed by atoms with Crippen LogP contribution in [-0.2, 0) is 9.47 Å². The summed E-state index contributed by atoms with van der Waals surface area (Å²) in [6, 6.07) is 0. The molecule has 0 saturated heterocycles. The zero-order valence-electron chi connectivity index (χ0n) is 11.9. The standard InChI is InChI=1S/C16H28O2/c1-3-5-9-13-17-15-11-7-8-12-16(15)18-14-10-6-4-2/h3-6,15-16H,7-14H2,1-2H3/b5-3+,6-4+. The van der Waals surface area contributed by atoms with Gasteiger partial charge in [-0.05, 0) is 39.5 Å². The van der Waals surface area contributed by atoms with E-state index >= 15 is 0 Å². The van der Waals surface area contributed by atoms with Crippen LogP contribution in [0.15, 0.2) is 24.3 Å². The Morgan fingerprint density at radius 2 is 1.28 bits per heavy atom. The van der Waals surface area contributed by atoms with Crippen molar-refractivity contribution in [3.8, 4) is 0 Å². The second-order valence-corrected chi connectivity index (χ2v) is 4.82. The smallest absolute Gasteiger partial charge is 0.0836 e. The first-order valence-electron chi connectivity index (χ1n) is 7.34. The van der Waals surface area contributed by atoms with Crippen LogP contribution in [0.5, 0.6) is 0 Å². The van der Waals surface area contributed by atoms with Crippen LogP contribution in [0.3, 0.4) is 0 Å². The Morgan fingerprint density at radius 3 is 1.67 bits per heavy atom. The molecule has 0 heterocycles. The third-order valence-electron chi connectivity index (χ3n) is 3.35. The maximum Gasteiger partial charge on any atom is 0.0836 e. The van der Waals surface area contributed by atoms with E-state index in [1.807, 2.05) is 13.8 Å². The summed E-state index contributed by atoms with van der Waals surface area (Å²) < 4.78 is 11.9. The van der Waals surface area contributed by atoms with Gasteiger partial charge in [0.1, 0.15) is 0 Å².